The molecule has 1 aromatic heterocycles. The van der Waals surface area contributed by atoms with Gasteiger partial charge in [-0.1, -0.05) is 60.7 Å². The predicted molar refractivity (Wildman–Crippen MR) is 99.3 cm³/mol. The van der Waals surface area contributed by atoms with Crippen molar-refractivity contribution >= 4 is 16.6 Å². The molecule has 0 spiro atoms. The van der Waals surface area contributed by atoms with Crippen LogP contribution in [-0.4, -0.2) is 9.91 Å². The van der Waals surface area contributed by atoms with E-state index in [4.69, 9.17) is 0 Å². The summed E-state index contributed by atoms with van der Waals surface area (Å²) < 4.78 is 0. The molecule has 0 saturated heterocycles. The minimum absolute atomic E-state index is 0.0595. The van der Waals surface area contributed by atoms with E-state index in [-0.39, 0.29) is 10.6 Å². The van der Waals surface area contributed by atoms with Gasteiger partial charge in [0.15, 0.2) is 0 Å². The van der Waals surface area contributed by atoms with Crippen molar-refractivity contribution in [2.24, 2.45) is 0 Å². The van der Waals surface area contributed by atoms with Gasteiger partial charge in [0, 0.05) is 11.5 Å². The monoisotopic (exact) mass is 326 g/mol. The van der Waals surface area contributed by atoms with Crippen LogP contribution in [0, 0.1) is 10.1 Å². The van der Waals surface area contributed by atoms with Crippen LogP contribution in [0.3, 0.4) is 0 Å². The Hall–Kier alpha value is -3.53. The quantitative estimate of drug-likeness (QED) is 0.370. The summed E-state index contributed by atoms with van der Waals surface area (Å²) in [6.07, 6.45) is 0. The molecule has 0 amide bonds. The standard InChI is InChI=1S/C21H14N2O2/c24-23(25)21-13-7-5-11-17(21)20-14-18(15-8-2-1-3-9-15)16-10-4-6-12-19(16)22-20/h1-14H. The first-order chi connectivity index (χ1) is 12.2. The second kappa shape index (κ2) is 6.17. The molecule has 4 heteroatoms. The first-order valence-electron chi connectivity index (χ1n) is 7.93. The van der Waals surface area contributed by atoms with E-state index >= 15 is 0 Å². The molecule has 4 nitrogen and oxygen atoms in total. The van der Waals surface area contributed by atoms with Crippen LogP contribution in [0.25, 0.3) is 33.3 Å². The zero-order valence-corrected chi connectivity index (χ0v) is 13.3. The van der Waals surface area contributed by atoms with Gasteiger partial charge in [0.25, 0.3) is 5.69 Å². The molecule has 0 saturated carbocycles. The van der Waals surface area contributed by atoms with Crippen LogP contribution < -0.4 is 0 Å². The molecule has 0 aliphatic rings. The summed E-state index contributed by atoms with van der Waals surface area (Å²) in [6, 6.07) is 26.5. The smallest absolute Gasteiger partial charge is 0.258 e. The minimum Gasteiger partial charge on any atom is -0.258 e. The number of nitro groups is 1. The van der Waals surface area contributed by atoms with Gasteiger partial charge in [0.2, 0.25) is 0 Å². The van der Waals surface area contributed by atoms with E-state index in [1.807, 2.05) is 60.7 Å². The number of benzene rings is 3. The third-order valence-corrected chi connectivity index (χ3v) is 4.18. The summed E-state index contributed by atoms with van der Waals surface area (Å²) >= 11 is 0. The fourth-order valence-electron chi connectivity index (χ4n) is 3.02. The van der Waals surface area contributed by atoms with E-state index in [0.717, 1.165) is 22.0 Å². The Morgan fingerprint density at radius 2 is 1.44 bits per heavy atom. The predicted octanol–water partition coefficient (Wildman–Crippen LogP) is 5.48. The Labute approximate surface area is 144 Å². The Morgan fingerprint density at radius 3 is 2.24 bits per heavy atom. The van der Waals surface area contributed by atoms with E-state index in [1.54, 1.807) is 18.2 Å². The SMILES string of the molecule is O=[N+]([O-])c1ccccc1-c1cc(-c2ccccc2)c2ccccc2n1. The number of fused-ring (bicyclic) bond motifs is 1. The van der Waals surface area contributed by atoms with Crippen molar-refractivity contribution in [3.8, 4) is 22.4 Å². The summed E-state index contributed by atoms with van der Waals surface area (Å²) in [4.78, 5) is 15.7. The maximum atomic E-state index is 11.4. The second-order valence-electron chi connectivity index (χ2n) is 5.71. The molecule has 0 aliphatic carbocycles. The van der Waals surface area contributed by atoms with Crippen LogP contribution in [-0.2, 0) is 0 Å². The molecule has 0 atom stereocenters. The molecule has 1 heterocycles. The maximum Gasteiger partial charge on any atom is 0.278 e. The number of hydrogen-bond acceptors (Lipinski definition) is 3. The van der Waals surface area contributed by atoms with Crippen LogP contribution in [0.4, 0.5) is 5.69 Å². The molecule has 25 heavy (non-hydrogen) atoms. The number of hydrogen-bond donors (Lipinski definition) is 0. The lowest BCUT2D eigenvalue weighted by atomic mass is 9.98. The fourth-order valence-corrected chi connectivity index (χ4v) is 3.02. The van der Waals surface area contributed by atoms with Crippen molar-refractivity contribution in [1.29, 1.82) is 0 Å². The summed E-state index contributed by atoms with van der Waals surface area (Å²) in [5.41, 5.74) is 4.07. The number of pyridine rings is 1. The topological polar surface area (TPSA) is 56.0 Å². The highest BCUT2D eigenvalue weighted by Gasteiger charge is 2.17. The highest BCUT2D eigenvalue weighted by molar-refractivity contribution is 5.97. The van der Waals surface area contributed by atoms with E-state index in [2.05, 4.69) is 4.98 Å². The van der Waals surface area contributed by atoms with Crippen LogP contribution >= 0.6 is 0 Å². The summed E-state index contributed by atoms with van der Waals surface area (Å²) in [7, 11) is 0. The number of para-hydroxylation sites is 2. The molecule has 3 aromatic carbocycles. The van der Waals surface area contributed by atoms with Gasteiger partial charge >= 0.3 is 0 Å². The number of nitro benzene ring substituents is 1. The molecule has 0 aliphatic heterocycles. The first kappa shape index (κ1) is 15.0. The normalized spacial score (nSPS) is 10.7. The molecule has 0 N–H and O–H groups in total. The lowest BCUT2D eigenvalue weighted by molar-refractivity contribution is -0.384. The third kappa shape index (κ3) is 2.74. The van der Waals surface area contributed by atoms with Gasteiger partial charge in [-0.3, -0.25) is 10.1 Å². The van der Waals surface area contributed by atoms with Crippen molar-refractivity contribution in [2.45, 2.75) is 0 Å². The van der Waals surface area contributed by atoms with E-state index in [9.17, 15) is 10.1 Å². The van der Waals surface area contributed by atoms with Crippen molar-refractivity contribution in [3.05, 3.63) is 95.0 Å². The number of nitrogens with zero attached hydrogens (tertiary/aromatic N) is 2. The highest BCUT2D eigenvalue weighted by atomic mass is 16.6. The Bertz CT molecular complexity index is 1080. The van der Waals surface area contributed by atoms with Gasteiger partial charge in [0.05, 0.1) is 21.7 Å². The van der Waals surface area contributed by atoms with Gasteiger partial charge in [-0.25, -0.2) is 4.98 Å². The molecule has 4 rings (SSSR count). The highest BCUT2D eigenvalue weighted by Crippen LogP contribution is 2.35. The second-order valence-corrected chi connectivity index (χ2v) is 5.71. The van der Waals surface area contributed by atoms with Crippen LogP contribution in [0.5, 0.6) is 0 Å². The van der Waals surface area contributed by atoms with Crippen molar-refractivity contribution < 1.29 is 4.92 Å². The van der Waals surface area contributed by atoms with Crippen molar-refractivity contribution in [2.75, 3.05) is 0 Å². The maximum absolute atomic E-state index is 11.4. The van der Waals surface area contributed by atoms with E-state index in [0.29, 0.717) is 11.3 Å². The molecule has 0 bridgehead atoms. The average Bonchev–Trinajstić information content (AvgIpc) is 2.67. The summed E-state index contributed by atoms with van der Waals surface area (Å²) in [6.45, 7) is 0. The Morgan fingerprint density at radius 1 is 0.760 bits per heavy atom. The fraction of sp³-hybridized carbons (Fsp3) is 0. The third-order valence-electron chi connectivity index (χ3n) is 4.18. The molecule has 120 valence electrons. The molecule has 0 radical (unpaired) electrons. The van der Waals surface area contributed by atoms with Crippen LogP contribution in [0.15, 0.2) is 84.9 Å². The average molecular weight is 326 g/mol. The molecule has 0 fully saturated rings. The Kier molecular flexibility index (Phi) is 3.71. The number of rotatable bonds is 3. The van der Waals surface area contributed by atoms with Gasteiger partial charge < -0.3 is 0 Å². The summed E-state index contributed by atoms with van der Waals surface area (Å²) in [5, 5.41) is 12.4. The molecule has 4 aromatic rings. The molecular formula is C21H14N2O2. The van der Waals surface area contributed by atoms with E-state index < -0.39 is 0 Å². The van der Waals surface area contributed by atoms with Gasteiger partial charge in [0.1, 0.15) is 0 Å². The van der Waals surface area contributed by atoms with Crippen molar-refractivity contribution in [1.82, 2.24) is 4.98 Å². The Balaban J connectivity index is 2.03. The first-order valence-corrected chi connectivity index (χ1v) is 7.93. The van der Waals surface area contributed by atoms with Gasteiger partial charge in [-0.05, 0) is 29.3 Å². The lowest BCUT2D eigenvalue weighted by Crippen LogP contribution is -1.95. The van der Waals surface area contributed by atoms with Gasteiger partial charge in [-0.15, -0.1) is 0 Å². The van der Waals surface area contributed by atoms with Gasteiger partial charge in [-0.2, -0.15) is 0 Å². The lowest BCUT2D eigenvalue weighted by Gasteiger charge is -2.10. The summed E-state index contributed by atoms with van der Waals surface area (Å²) in [5.74, 6) is 0. The van der Waals surface area contributed by atoms with Crippen LogP contribution in [0.2, 0.25) is 0 Å². The van der Waals surface area contributed by atoms with Crippen molar-refractivity contribution in [3.63, 3.8) is 0 Å². The largest absolute Gasteiger partial charge is 0.278 e. The molecular weight excluding hydrogens is 312 g/mol. The van der Waals surface area contributed by atoms with Crippen LogP contribution in [0.1, 0.15) is 0 Å². The zero-order valence-electron chi connectivity index (χ0n) is 13.3. The zero-order chi connectivity index (χ0) is 17.2. The number of aromatic nitrogens is 1. The van der Waals surface area contributed by atoms with E-state index in [1.165, 1.54) is 6.07 Å². The molecule has 0 unspecified atom stereocenters. The minimum atomic E-state index is -0.367.